The fourth-order valence-corrected chi connectivity index (χ4v) is 1.75. The Morgan fingerprint density at radius 2 is 2.19 bits per heavy atom. The molecule has 1 amide bonds. The first-order valence-corrected chi connectivity index (χ1v) is 4.57. The molecule has 1 aromatic carbocycles. The number of aromatic nitrogens is 1. The molecule has 0 saturated heterocycles. The normalized spacial score (nSPS) is 10.6. The number of carbonyl (C=O) groups is 1. The maximum absolute atomic E-state index is 11.1. The number of non-ortho nitro benzene ring substituents is 1. The second kappa shape index (κ2) is 3.34. The monoisotopic (exact) mass is 219 g/mol. The van der Waals surface area contributed by atoms with Crippen molar-refractivity contribution in [2.75, 3.05) is 0 Å². The molecule has 6 nitrogen and oxygen atoms in total. The Labute approximate surface area is 90.2 Å². The molecule has 0 atom stereocenters. The van der Waals surface area contributed by atoms with E-state index in [1.807, 2.05) is 0 Å². The highest BCUT2D eigenvalue weighted by Crippen LogP contribution is 2.29. The molecule has 0 saturated carbocycles. The number of amides is 1. The molecule has 0 unspecified atom stereocenters. The Kier molecular flexibility index (Phi) is 2.12. The maximum Gasteiger partial charge on any atom is 0.293 e. The van der Waals surface area contributed by atoms with Crippen LogP contribution in [0.5, 0.6) is 0 Å². The van der Waals surface area contributed by atoms with Gasteiger partial charge in [0.1, 0.15) is 5.52 Å². The van der Waals surface area contributed by atoms with Crippen molar-refractivity contribution in [3.8, 4) is 0 Å². The first-order chi connectivity index (χ1) is 7.52. The molecule has 0 fully saturated rings. The van der Waals surface area contributed by atoms with Crippen LogP contribution in [0.25, 0.3) is 10.9 Å². The third-order valence-electron chi connectivity index (χ3n) is 2.48. The van der Waals surface area contributed by atoms with E-state index in [1.54, 1.807) is 13.0 Å². The summed E-state index contributed by atoms with van der Waals surface area (Å²) in [7, 11) is 0. The smallest absolute Gasteiger partial charge is 0.293 e. The number of nitro groups is 1. The van der Waals surface area contributed by atoms with Crippen LogP contribution in [0.15, 0.2) is 18.3 Å². The zero-order valence-corrected chi connectivity index (χ0v) is 8.48. The summed E-state index contributed by atoms with van der Waals surface area (Å²) >= 11 is 0. The zero-order valence-electron chi connectivity index (χ0n) is 8.48. The molecule has 0 spiro atoms. The fourth-order valence-electron chi connectivity index (χ4n) is 1.75. The standard InChI is InChI=1S/C10H9N3O3/c1-5-2-3-7(13(15)16)9-8(5)6(4-12-9)10(11)14/h2-4,12H,1H3,(H2,11,14). The van der Waals surface area contributed by atoms with E-state index in [2.05, 4.69) is 4.98 Å². The van der Waals surface area contributed by atoms with Gasteiger partial charge in [-0.1, -0.05) is 6.07 Å². The van der Waals surface area contributed by atoms with Gasteiger partial charge in [-0.2, -0.15) is 0 Å². The number of fused-ring (bicyclic) bond motifs is 1. The summed E-state index contributed by atoms with van der Waals surface area (Å²) in [6.07, 6.45) is 1.40. The molecule has 0 radical (unpaired) electrons. The SMILES string of the molecule is Cc1ccc([N+](=O)[O-])c2[nH]cc(C(N)=O)c12. The van der Waals surface area contributed by atoms with Gasteiger partial charge < -0.3 is 10.7 Å². The lowest BCUT2D eigenvalue weighted by Gasteiger charge is -1.99. The highest BCUT2D eigenvalue weighted by molar-refractivity contribution is 6.09. The number of rotatable bonds is 2. The lowest BCUT2D eigenvalue weighted by molar-refractivity contribution is -0.383. The van der Waals surface area contributed by atoms with E-state index in [0.717, 1.165) is 5.56 Å². The van der Waals surface area contributed by atoms with Gasteiger partial charge in [0.2, 0.25) is 0 Å². The van der Waals surface area contributed by atoms with E-state index in [4.69, 9.17) is 5.73 Å². The van der Waals surface area contributed by atoms with Gasteiger partial charge in [-0.3, -0.25) is 14.9 Å². The maximum atomic E-state index is 11.1. The van der Waals surface area contributed by atoms with Gasteiger partial charge in [-0.05, 0) is 12.5 Å². The van der Waals surface area contributed by atoms with Gasteiger partial charge in [0.15, 0.2) is 0 Å². The van der Waals surface area contributed by atoms with Crippen LogP contribution in [0, 0.1) is 17.0 Å². The van der Waals surface area contributed by atoms with E-state index in [0.29, 0.717) is 10.9 Å². The van der Waals surface area contributed by atoms with E-state index in [9.17, 15) is 14.9 Å². The van der Waals surface area contributed by atoms with Crippen molar-refractivity contribution < 1.29 is 9.72 Å². The van der Waals surface area contributed by atoms with Crippen LogP contribution >= 0.6 is 0 Å². The number of nitrogens with two attached hydrogens (primary N) is 1. The second-order valence-electron chi connectivity index (χ2n) is 3.48. The molecular formula is C10H9N3O3. The highest BCUT2D eigenvalue weighted by atomic mass is 16.6. The molecular weight excluding hydrogens is 210 g/mol. The molecule has 1 aromatic heterocycles. The summed E-state index contributed by atoms with van der Waals surface area (Å²) in [5.74, 6) is -0.602. The van der Waals surface area contributed by atoms with Crippen molar-refractivity contribution in [2.24, 2.45) is 5.73 Å². The first kappa shape index (κ1) is 10.2. The third-order valence-corrected chi connectivity index (χ3v) is 2.48. The molecule has 1 heterocycles. The molecule has 6 heteroatoms. The number of nitrogens with one attached hydrogen (secondary N) is 1. The minimum Gasteiger partial charge on any atom is -0.366 e. The van der Waals surface area contributed by atoms with Crippen LogP contribution in [0.1, 0.15) is 15.9 Å². The topological polar surface area (TPSA) is 102 Å². The van der Waals surface area contributed by atoms with E-state index >= 15 is 0 Å². The van der Waals surface area contributed by atoms with Gasteiger partial charge >= 0.3 is 0 Å². The summed E-state index contributed by atoms with van der Waals surface area (Å²) in [6, 6.07) is 3.00. The van der Waals surface area contributed by atoms with Crippen molar-refractivity contribution in [1.82, 2.24) is 4.98 Å². The molecule has 2 rings (SSSR count). The van der Waals surface area contributed by atoms with Crippen molar-refractivity contribution in [3.05, 3.63) is 39.6 Å². The summed E-state index contributed by atoms with van der Waals surface area (Å²) in [6.45, 7) is 1.77. The highest BCUT2D eigenvalue weighted by Gasteiger charge is 2.19. The summed E-state index contributed by atoms with van der Waals surface area (Å²) in [5, 5.41) is 11.3. The average molecular weight is 219 g/mol. The number of primary amides is 1. The van der Waals surface area contributed by atoms with Gasteiger partial charge in [0, 0.05) is 17.6 Å². The van der Waals surface area contributed by atoms with Crippen LogP contribution < -0.4 is 5.73 Å². The minimum absolute atomic E-state index is 0.0619. The molecule has 0 aliphatic heterocycles. The van der Waals surface area contributed by atoms with Crippen molar-refractivity contribution >= 4 is 22.5 Å². The molecule has 82 valence electrons. The van der Waals surface area contributed by atoms with E-state index < -0.39 is 10.8 Å². The average Bonchev–Trinajstić information content (AvgIpc) is 2.62. The second-order valence-corrected chi connectivity index (χ2v) is 3.48. The Hall–Kier alpha value is -2.37. The lowest BCUT2D eigenvalue weighted by atomic mass is 10.1. The number of nitro benzene ring substituents is 1. The van der Waals surface area contributed by atoms with Gasteiger partial charge in [0.05, 0.1) is 10.5 Å². The predicted molar refractivity (Wildman–Crippen MR) is 58.2 cm³/mol. The first-order valence-electron chi connectivity index (χ1n) is 4.57. The molecule has 3 N–H and O–H groups in total. The van der Waals surface area contributed by atoms with Crippen molar-refractivity contribution in [1.29, 1.82) is 0 Å². The molecule has 16 heavy (non-hydrogen) atoms. The quantitative estimate of drug-likeness (QED) is 0.590. The van der Waals surface area contributed by atoms with E-state index in [-0.39, 0.29) is 11.3 Å². The number of H-pyrrole nitrogens is 1. The molecule has 2 aromatic rings. The Bertz CT molecular complexity index is 601. The Morgan fingerprint density at radius 1 is 1.50 bits per heavy atom. The van der Waals surface area contributed by atoms with Crippen LogP contribution in [0.3, 0.4) is 0 Å². The van der Waals surface area contributed by atoms with Crippen LogP contribution in [-0.4, -0.2) is 15.8 Å². The van der Waals surface area contributed by atoms with Crippen LogP contribution in [0.2, 0.25) is 0 Å². The largest absolute Gasteiger partial charge is 0.366 e. The lowest BCUT2D eigenvalue weighted by Crippen LogP contribution is -2.10. The van der Waals surface area contributed by atoms with Crippen molar-refractivity contribution in [2.45, 2.75) is 6.92 Å². The van der Waals surface area contributed by atoms with Crippen LogP contribution in [-0.2, 0) is 0 Å². The number of benzene rings is 1. The molecule has 0 aliphatic rings. The number of aromatic amines is 1. The minimum atomic E-state index is -0.602. The van der Waals surface area contributed by atoms with Crippen LogP contribution in [0.4, 0.5) is 5.69 Å². The van der Waals surface area contributed by atoms with E-state index in [1.165, 1.54) is 12.3 Å². The number of aryl methyl sites for hydroxylation is 1. The number of carbonyl (C=O) groups excluding carboxylic acids is 1. The number of hydrogen-bond acceptors (Lipinski definition) is 3. The Balaban J connectivity index is 2.88. The summed E-state index contributed by atoms with van der Waals surface area (Å²) in [4.78, 5) is 24.1. The third kappa shape index (κ3) is 1.31. The van der Waals surface area contributed by atoms with Gasteiger partial charge in [-0.25, -0.2) is 0 Å². The van der Waals surface area contributed by atoms with Gasteiger partial charge in [-0.15, -0.1) is 0 Å². The summed E-state index contributed by atoms with van der Waals surface area (Å²) < 4.78 is 0. The molecule has 0 bridgehead atoms. The van der Waals surface area contributed by atoms with Crippen molar-refractivity contribution in [3.63, 3.8) is 0 Å². The predicted octanol–water partition coefficient (Wildman–Crippen LogP) is 1.48. The van der Waals surface area contributed by atoms with Gasteiger partial charge in [0.25, 0.3) is 11.6 Å². The Morgan fingerprint density at radius 3 is 2.75 bits per heavy atom. The fraction of sp³-hybridized carbons (Fsp3) is 0.100. The number of nitrogens with zero attached hydrogens (tertiary/aromatic N) is 1. The summed E-state index contributed by atoms with van der Waals surface area (Å²) in [5.41, 5.74) is 6.51. The zero-order chi connectivity index (χ0) is 11.9. The number of hydrogen-bond donors (Lipinski definition) is 2. The molecule has 0 aliphatic carbocycles.